The lowest BCUT2D eigenvalue weighted by molar-refractivity contribution is -0.134. The van der Waals surface area contributed by atoms with Crippen LogP contribution in [0.15, 0.2) is 65.0 Å². The Morgan fingerprint density at radius 3 is 2.81 bits per heavy atom. The van der Waals surface area contributed by atoms with Gasteiger partial charge in [0.05, 0.1) is 11.1 Å². The quantitative estimate of drug-likeness (QED) is 0.658. The lowest BCUT2D eigenvalue weighted by Crippen LogP contribution is -2.40. The molecule has 32 heavy (non-hydrogen) atoms. The number of nitrogens with one attached hydrogen (secondary N) is 1. The fraction of sp³-hybridized carbons (Fsp3) is 0.217. The largest absolute Gasteiger partial charge is 0.380 e. The number of nitrogens with zero attached hydrogens (tertiary/aromatic N) is 3. The number of carbonyl (C=O) groups is 1. The number of carbonyl (C=O) groups excluding carboxylic acids is 1. The molecule has 0 saturated carbocycles. The number of aromatic nitrogens is 3. The Hall–Kier alpha value is -3.72. The minimum absolute atomic E-state index is 0.0649. The van der Waals surface area contributed by atoms with Gasteiger partial charge in [0.15, 0.2) is 0 Å². The number of H-pyrrole nitrogens is 1. The maximum absolute atomic E-state index is 13.8. The predicted molar refractivity (Wildman–Crippen MR) is 113 cm³/mol. The van der Waals surface area contributed by atoms with Crippen molar-refractivity contribution >= 4 is 22.5 Å². The van der Waals surface area contributed by atoms with E-state index in [0.29, 0.717) is 16.8 Å². The molecule has 9 heteroatoms. The normalized spacial score (nSPS) is 22.7. The number of anilines is 1. The van der Waals surface area contributed by atoms with Crippen molar-refractivity contribution in [1.82, 2.24) is 15.2 Å². The second-order valence-electron chi connectivity index (χ2n) is 8.14. The number of aliphatic hydroxyl groups is 1. The molecule has 0 radical (unpaired) electrons. The van der Waals surface area contributed by atoms with Gasteiger partial charge in [0.2, 0.25) is 0 Å². The zero-order valence-corrected chi connectivity index (χ0v) is 17.0. The van der Waals surface area contributed by atoms with Gasteiger partial charge in [0.25, 0.3) is 11.5 Å². The minimum atomic E-state index is -1.75. The molecule has 2 aliphatic rings. The number of hydrogen-bond donors (Lipinski definition) is 2. The molecule has 7 nitrogen and oxygen atoms in total. The van der Waals surface area contributed by atoms with Gasteiger partial charge in [-0.3, -0.25) is 14.5 Å². The van der Waals surface area contributed by atoms with Crippen LogP contribution in [0.2, 0.25) is 0 Å². The summed E-state index contributed by atoms with van der Waals surface area (Å²) in [5, 5.41) is 18.0. The smallest absolute Gasteiger partial charge is 0.272 e. The molecule has 2 aromatic heterocycles. The van der Waals surface area contributed by atoms with Gasteiger partial charge in [0, 0.05) is 36.0 Å². The van der Waals surface area contributed by atoms with Crippen molar-refractivity contribution in [3.8, 4) is 0 Å². The molecule has 1 saturated heterocycles. The van der Waals surface area contributed by atoms with Crippen LogP contribution in [0.3, 0.4) is 0 Å². The average molecular weight is 436 g/mol. The third-order valence-corrected chi connectivity index (χ3v) is 6.00. The monoisotopic (exact) mass is 436 g/mol. The van der Waals surface area contributed by atoms with E-state index in [0.717, 1.165) is 11.6 Å². The van der Waals surface area contributed by atoms with E-state index in [1.54, 1.807) is 12.1 Å². The fourth-order valence-electron chi connectivity index (χ4n) is 4.32. The zero-order valence-electron chi connectivity index (χ0n) is 17.0. The van der Waals surface area contributed by atoms with Gasteiger partial charge in [-0.15, -0.1) is 0 Å². The van der Waals surface area contributed by atoms with E-state index in [-0.39, 0.29) is 24.0 Å². The molecule has 3 heterocycles. The summed E-state index contributed by atoms with van der Waals surface area (Å²) in [6, 6.07) is 7.33. The van der Waals surface area contributed by atoms with Crippen LogP contribution >= 0.6 is 0 Å². The van der Waals surface area contributed by atoms with Gasteiger partial charge >= 0.3 is 0 Å². The predicted octanol–water partition coefficient (Wildman–Crippen LogP) is 2.90. The Morgan fingerprint density at radius 2 is 2.00 bits per heavy atom. The van der Waals surface area contributed by atoms with Gasteiger partial charge in [-0.25, -0.2) is 18.9 Å². The summed E-state index contributed by atoms with van der Waals surface area (Å²) in [4.78, 5) is 30.6. The van der Waals surface area contributed by atoms with Gasteiger partial charge in [-0.2, -0.15) is 5.10 Å². The summed E-state index contributed by atoms with van der Waals surface area (Å²) in [7, 11) is 0. The molecule has 1 fully saturated rings. The molecule has 2 unspecified atom stereocenters. The Labute approximate surface area is 180 Å². The Kier molecular flexibility index (Phi) is 4.52. The van der Waals surface area contributed by atoms with Crippen molar-refractivity contribution < 1.29 is 18.7 Å². The van der Waals surface area contributed by atoms with E-state index < -0.39 is 34.6 Å². The lowest BCUT2D eigenvalue weighted by atomic mass is 9.85. The number of aromatic amines is 1. The first-order chi connectivity index (χ1) is 15.3. The first-order valence-electron chi connectivity index (χ1n) is 10.0. The zero-order chi connectivity index (χ0) is 22.6. The van der Waals surface area contributed by atoms with Crippen LogP contribution in [0.25, 0.3) is 10.8 Å². The van der Waals surface area contributed by atoms with Crippen LogP contribution in [0, 0.1) is 11.7 Å². The summed E-state index contributed by atoms with van der Waals surface area (Å²) in [6.45, 7) is 1.38. The number of rotatable bonds is 3. The molecule has 1 aliphatic heterocycles. The topological polar surface area (TPSA) is 99.2 Å². The van der Waals surface area contributed by atoms with Crippen LogP contribution in [0.5, 0.6) is 0 Å². The summed E-state index contributed by atoms with van der Waals surface area (Å²) in [6.07, 6.45) is 4.51. The highest BCUT2D eigenvalue weighted by Crippen LogP contribution is 2.45. The molecule has 5 rings (SSSR count). The molecule has 2 atom stereocenters. The van der Waals surface area contributed by atoms with E-state index in [1.807, 2.05) is 0 Å². The first-order valence-corrected chi connectivity index (χ1v) is 10.0. The van der Waals surface area contributed by atoms with E-state index in [2.05, 4.69) is 15.2 Å². The van der Waals surface area contributed by atoms with Crippen LogP contribution in [-0.4, -0.2) is 31.8 Å². The Balaban J connectivity index is 1.54. The maximum atomic E-state index is 13.8. The second kappa shape index (κ2) is 7.16. The molecular weight excluding hydrogens is 418 g/mol. The summed E-state index contributed by atoms with van der Waals surface area (Å²) < 4.78 is 27.4. The molecule has 1 amide bonds. The number of halogens is 2. The standard InChI is InChI=1S/C23H18F2N4O3/c1-23(32)17-11-14(25)3-5-19(17)29(22(23)31)20-9-12(6-7-26-20)8-18-15-4-2-13(24)10-16(15)21(30)28-27-18/h2-7,9-10,17,32H,8,11H2,1H3,(H,28,30). The average Bonchev–Trinajstić information content (AvgIpc) is 2.96. The molecule has 0 spiro atoms. The van der Waals surface area contributed by atoms with Crippen molar-refractivity contribution in [3.63, 3.8) is 0 Å². The van der Waals surface area contributed by atoms with Crippen LogP contribution < -0.4 is 10.5 Å². The molecule has 3 aromatic rings. The Bertz CT molecular complexity index is 1390. The highest BCUT2D eigenvalue weighted by Gasteiger charge is 2.54. The third kappa shape index (κ3) is 3.13. The van der Waals surface area contributed by atoms with Gasteiger partial charge in [0.1, 0.15) is 23.1 Å². The van der Waals surface area contributed by atoms with Crippen molar-refractivity contribution in [2.75, 3.05) is 4.90 Å². The van der Waals surface area contributed by atoms with Crippen LogP contribution in [0.4, 0.5) is 14.6 Å². The van der Waals surface area contributed by atoms with Crippen molar-refractivity contribution in [2.45, 2.75) is 25.4 Å². The molecule has 2 N–H and O–H groups in total. The minimum Gasteiger partial charge on any atom is -0.380 e. The molecule has 0 bridgehead atoms. The van der Waals surface area contributed by atoms with Crippen molar-refractivity contribution in [3.05, 3.63) is 87.6 Å². The SMILES string of the molecule is CC1(O)C(=O)N(c2cc(Cc3n[nH]c(=O)c4cc(F)ccc34)ccn2)C2=CC=C(F)CC21. The summed E-state index contributed by atoms with van der Waals surface area (Å²) in [5.74, 6) is -1.92. The third-order valence-electron chi connectivity index (χ3n) is 6.00. The van der Waals surface area contributed by atoms with Crippen molar-refractivity contribution in [2.24, 2.45) is 5.92 Å². The fourth-order valence-corrected chi connectivity index (χ4v) is 4.32. The number of pyridine rings is 1. The number of allylic oxidation sites excluding steroid dienone is 3. The second-order valence-corrected chi connectivity index (χ2v) is 8.14. The first kappa shape index (κ1) is 20.2. The Morgan fingerprint density at radius 1 is 1.19 bits per heavy atom. The van der Waals surface area contributed by atoms with Crippen molar-refractivity contribution in [1.29, 1.82) is 0 Å². The van der Waals surface area contributed by atoms with E-state index in [9.17, 15) is 23.5 Å². The maximum Gasteiger partial charge on any atom is 0.272 e. The number of hydrogen-bond acceptors (Lipinski definition) is 5. The lowest BCUT2D eigenvalue weighted by Gasteiger charge is -2.23. The molecule has 1 aromatic carbocycles. The number of fused-ring (bicyclic) bond motifs is 2. The highest BCUT2D eigenvalue weighted by atomic mass is 19.1. The number of amides is 1. The van der Waals surface area contributed by atoms with E-state index in [4.69, 9.17) is 0 Å². The van der Waals surface area contributed by atoms with Gasteiger partial charge < -0.3 is 5.11 Å². The van der Waals surface area contributed by atoms with E-state index >= 15 is 0 Å². The molecule has 162 valence electrons. The van der Waals surface area contributed by atoms with Gasteiger partial charge in [-0.1, -0.05) is 0 Å². The highest BCUT2D eigenvalue weighted by molar-refractivity contribution is 6.05. The van der Waals surface area contributed by atoms with Crippen LogP contribution in [-0.2, 0) is 11.2 Å². The van der Waals surface area contributed by atoms with Gasteiger partial charge in [-0.05, 0) is 55.0 Å². The van der Waals surface area contributed by atoms with Crippen LogP contribution in [0.1, 0.15) is 24.6 Å². The molecular formula is C23H18F2N4O3. The molecule has 1 aliphatic carbocycles. The summed E-state index contributed by atoms with van der Waals surface area (Å²) >= 11 is 0. The summed E-state index contributed by atoms with van der Waals surface area (Å²) in [5.41, 5.74) is -0.505. The number of benzene rings is 1. The van der Waals surface area contributed by atoms with E-state index in [1.165, 1.54) is 42.3 Å².